The molecule has 0 radical (unpaired) electrons. The molecular weight excluding hydrogens is 203 g/mol. The van der Waals surface area contributed by atoms with E-state index in [1.165, 1.54) is 0 Å². The molecule has 0 aliphatic carbocycles. The predicted molar refractivity (Wildman–Crippen MR) is 38.0 cm³/mol. The highest BCUT2D eigenvalue weighted by Crippen LogP contribution is 2.17. The number of carboxylic acids is 1. The summed E-state index contributed by atoms with van der Waals surface area (Å²) in [6.07, 6.45) is -2.24. The van der Waals surface area contributed by atoms with E-state index in [0.717, 1.165) is 6.33 Å². The number of hydrogen-bond acceptors (Lipinski definition) is 3. The summed E-state index contributed by atoms with van der Waals surface area (Å²) in [6.45, 7) is -1.40. The lowest BCUT2D eigenvalue weighted by molar-refractivity contribution is 0.0533. The van der Waals surface area contributed by atoms with E-state index >= 15 is 0 Å². The topological polar surface area (TPSA) is 68.0 Å². The standard InChI is InChI=1S/C6H6F3N3O2/c7-1-3(4(8)9)12-5(6(13)14)10-2-11-12/h2-4H,1H2,(H,13,14). The molecule has 0 bridgehead atoms. The number of halogens is 3. The Kier molecular flexibility index (Phi) is 3.05. The largest absolute Gasteiger partial charge is 0.475 e. The molecule has 1 heterocycles. The van der Waals surface area contributed by atoms with Crippen LogP contribution in [0.5, 0.6) is 0 Å². The molecule has 14 heavy (non-hydrogen) atoms. The summed E-state index contributed by atoms with van der Waals surface area (Å²) < 4.78 is 36.9. The van der Waals surface area contributed by atoms with Crippen molar-refractivity contribution in [3.8, 4) is 0 Å². The maximum atomic E-state index is 12.2. The van der Waals surface area contributed by atoms with Gasteiger partial charge in [-0.15, -0.1) is 0 Å². The van der Waals surface area contributed by atoms with Gasteiger partial charge in [-0.05, 0) is 0 Å². The highest BCUT2D eigenvalue weighted by Gasteiger charge is 2.27. The van der Waals surface area contributed by atoms with E-state index in [9.17, 15) is 18.0 Å². The minimum absolute atomic E-state index is 0.368. The number of carbonyl (C=O) groups is 1. The summed E-state index contributed by atoms with van der Waals surface area (Å²) in [5, 5.41) is 11.7. The highest BCUT2D eigenvalue weighted by molar-refractivity contribution is 5.83. The molecule has 1 N–H and O–H groups in total. The third-order valence-corrected chi connectivity index (χ3v) is 1.53. The van der Waals surface area contributed by atoms with Crippen molar-refractivity contribution in [2.24, 2.45) is 0 Å². The number of hydrogen-bond donors (Lipinski definition) is 1. The smallest absolute Gasteiger partial charge is 0.373 e. The second-order valence-electron chi connectivity index (χ2n) is 2.39. The summed E-state index contributed by atoms with van der Waals surface area (Å²) in [7, 11) is 0. The van der Waals surface area contributed by atoms with E-state index in [2.05, 4.69) is 10.1 Å². The molecule has 1 unspecified atom stereocenters. The van der Waals surface area contributed by atoms with Gasteiger partial charge in [-0.3, -0.25) is 0 Å². The quantitative estimate of drug-likeness (QED) is 0.794. The fourth-order valence-corrected chi connectivity index (χ4v) is 0.885. The second-order valence-corrected chi connectivity index (χ2v) is 2.39. The molecule has 78 valence electrons. The zero-order chi connectivity index (χ0) is 10.7. The summed E-state index contributed by atoms with van der Waals surface area (Å²) in [5.41, 5.74) is 0. The van der Waals surface area contributed by atoms with Gasteiger partial charge in [0, 0.05) is 0 Å². The normalized spacial score (nSPS) is 13.1. The van der Waals surface area contributed by atoms with Crippen molar-refractivity contribution in [2.75, 3.05) is 6.67 Å². The van der Waals surface area contributed by atoms with Crippen molar-refractivity contribution in [3.05, 3.63) is 12.2 Å². The maximum absolute atomic E-state index is 12.2. The molecule has 1 aromatic heterocycles. The Morgan fingerprint density at radius 1 is 1.64 bits per heavy atom. The third-order valence-electron chi connectivity index (χ3n) is 1.53. The monoisotopic (exact) mass is 209 g/mol. The van der Waals surface area contributed by atoms with Crippen LogP contribution in [0.2, 0.25) is 0 Å². The molecule has 1 atom stereocenters. The number of rotatable bonds is 4. The first-order valence-corrected chi connectivity index (χ1v) is 3.54. The lowest BCUT2D eigenvalue weighted by Gasteiger charge is -2.12. The predicted octanol–water partition coefficient (Wildman–Crippen LogP) is 0.752. The Morgan fingerprint density at radius 3 is 2.71 bits per heavy atom. The van der Waals surface area contributed by atoms with Crippen molar-refractivity contribution in [3.63, 3.8) is 0 Å². The summed E-state index contributed by atoms with van der Waals surface area (Å²) in [5.74, 6) is -2.23. The van der Waals surface area contributed by atoms with Crippen molar-refractivity contribution >= 4 is 5.97 Å². The first kappa shape index (κ1) is 10.5. The molecule has 0 saturated carbocycles. The van der Waals surface area contributed by atoms with Gasteiger partial charge in [-0.2, -0.15) is 5.10 Å². The zero-order valence-corrected chi connectivity index (χ0v) is 6.77. The maximum Gasteiger partial charge on any atom is 0.373 e. The lowest BCUT2D eigenvalue weighted by atomic mass is 10.3. The van der Waals surface area contributed by atoms with Crippen molar-refractivity contribution in [2.45, 2.75) is 12.5 Å². The van der Waals surface area contributed by atoms with E-state index in [-0.39, 0.29) is 0 Å². The molecule has 8 heteroatoms. The average Bonchev–Trinajstić information content (AvgIpc) is 2.53. The molecule has 1 aromatic rings. The Balaban J connectivity index is 3.03. The number of nitrogens with zero attached hydrogens (tertiary/aromatic N) is 3. The van der Waals surface area contributed by atoms with Gasteiger partial charge in [0.2, 0.25) is 5.82 Å². The van der Waals surface area contributed by atoms with Crippen molar-refractivity contribution < 1.29 is 23.1 Å². The SMILES string of the molecule is O=C(O)c1ncnn1C(CF)C(F)F. The molecule has 0 fully saturated rings. The van der Waals surface area contributed by atoms with Gasteiger partial charge in [-0.1, -0.05) is 0 Å². The third kappa shape index (κ3) is 1.83. The molecule has 0 spiro atoms. The molecule has 0 aliphatic heterocycles. The van der Waals surface area contributed by atoms with Crippen LogP contribution in [-0.2, 0) is 0 Å². The van der Waals surface area contributed by atoms with E-state index in [0.29, 0.717) is 4.68 Å². The number of alkyl halides is 3. The lowest BCUT2D eigenvalue weighted by Crippen LogP contribution is -2.24. The van der Waals surface area contributed by atoms with Crippen LogP contribution in [0.1, 0.15) is 16.7 Å². The molecule has 5 nitrogen and oxygen atoms in total. The van der Waals surface area contributed by atoms with Crippen LogP contribution in [-0.4, -0.2) is 38.9 Å². The van der Waals surface area contributed by atoms with Crippen LogP contribution in [0.25, 0.3) is 0 Å². The van der Waals surface area contributed by atoms with Gasteiger partial charge in [0.25, 0.3) is 6.43 Å². The molecule has 0 aromatic carbocycles. The van der Waals surface area contributed by atoms with Gasteiger partial charge in [-0.25, -0.2) is 27.6 Å². The molecule has 0 saturated heterocycles. The zero-order valence-electron chi connectivity index (χ0n) is 6.77. The fourth-order valence-electron chi connectivity index (χ4n) is 0.885. The second kappa shape index (κ2) is 4.07. The van der Waals surface area contributed by atoms with Crippen LogP contribution >= 0.6 is 0 Å². The minimum Gasteiger partial charge on any atom is -0.475 e. The van der Waals surface area contributed by atoms with E-state index in [4.69, 9.17) is 5.11 Å². The van der Waals surface area contributed by atoms with Crippen LogP contribution < -0.4 is 0 Å². The Bertz CT molecular complexity index is 328. The Hall–Kier alpha value is -1.60. The van der Waals surface area contributed by atoms with Crippen LogP contribution in [0.3, 0.4) is 0 Å². The van der Waals surface area contributed by atoms with Crippen molar-refractivity contribution in [1.29, 1.82) is 0 Å². The van der Waals surface area contributed by atoms with E-state index in [1.807, 2.05) is 0 Å². The highest BCUT2D eigenvalue weighted by atomic mass is 19.3. The van der Waals surface area contributed by atoms with Gasteiger partial charge in [0.15, 0.2) is 0 Å². The summed E-state index contributed by atoms with van der Waals surface area (Å²) >= 11 is 0. The number of aromatic nitrogens is 3. The fraction of sp³-hybridized carbons (Fsp3) is 0.500. The Morgan fingerprint density at radius 2 is 2.29 bits per heavy atom. The first-order valence-electron chi connectivity index (χ1n) is 3.54. The minimum atomic E-state index is -3.03. The summed E-state index contributed by atoms with van der Waals surface area (Å²) in [6, 6.07) is -1.90. The molecule has 1 rings (SSSR count). The van der Waals surface area contributed by atoms with Crippen LogP contribution in [0, 0.1) is 0 Å². The van der Waals surface area contributed by atoms with Gasteiger partial charge in [0.1, 0.15) is 19.0 Å². The van der Waals surface area contributed by atoms with Gasteiger partial charge >= 0.3 is 5.97 Å². The molecule has 0 aliphatic rings. The van der Waals surface area contributed by atoms with Gasteiger partial charge < -0.3 is 5.11 Å². The number of carboxylic acid groups (broad SMARTS) is 1. The van der Waals surface area contributed by atoms with Crippen molar-refractivity contribution in [1.82, 2.24) is 14.8 Å². The van der Waals surface area contributed by atoms with Gasteiger partial charge in [0.05, 0.1) is 0 Å². The summed E-state index contributed by atoms with van der Waals surface area (Å²) in [4.78, 5) is 13.7. The first-order chi connectivity index (χ1) is 6.57. The number of aromatic carboxylic acids is 1. The van der Waals surface area contributed by atoms with E-state index < -0.39 is 30.9 Å². The molecular formula is C6H6F3N3O2. The van der Waals surface area contributed by atoms with E-state index in [1.54, 1.807) is 0 Å². The van der Waals surface area contributed by atoms with Crippen LogP contribution in [0.4, 0.5) is 13.2 Å². The Labute approximate surface area is 76.2 Å². The molecule has 0 amide bonds. The average molecular weight is 209 g/mol. The van der Waals surface area contributed by atoms with Crippen LogP contribution in [0.15, 0.2) is 6.33 Å².